The molecule has 128 valence electrons. The second kappa shape index (κ2) is 7.57. The minimum Gasteiger partial charge on any atom is -0.481 e. The third kappa shape index (κ3) is 4.41. The first kappa shape index (κ1) is 16.6. The van der Waals surface area contributed by atoms with E-state index in [2.05, 4.69) is 10.3 Å². The van der Waals surface area contributed by atoms with Crippen LogP contribution in [-0.4, -0.2) is 22.1 Å². The minimum absolute atomic E-state index is 0.166. The molecule has 3 rings (SSSR count). The number of benzene rings is 2. The van der Waals surface area contributed by atoms with Crippen LogP contribution in [0.25, 0.3) is 5.69 Å². The number of ether oxygens (including phenoxy) is 1. The maximum absolute atomic E-state index is 13.4. The summed E-state index contributed by atoms with van der Waals surface area (Å²) in [6.45, 7) is -0.0338. The van der Waals surface area contributed by atoms with Crippen LogP contribution in [0.15, 0.2) is 61.2 Å². The van der Waals surface area contributed by atoms with Crippen molar-refractivity contribution >= 4 is 5.91 Å². The fourth-order valence-corrected chi connectivity index (χ4v) is 2.19. The molecule has 2 aromatic carbocycles. The maximum Gasteiger partial charge on any atom is 0.258 e. The van der Waals surface area contributed by atoms with Gasteiger partial charge < -0.3 is 14.6 Å². The number of aromatic nitrogens is 2. The standard InChI is InChI=1S/C18H15F2N3O2/c19-14-3-6-17(16(20)9-14)25-11-18(24)22-10-13-1-4-15(5-2-13)23-8-7-21-12-23/h1-9,12H,10-11H2,(H,22,24). The van der Waals surface area contributed by atoms with Crippen molar-refractivity contribution in [1.82, 2.24) is 14.9 Å². The van der Waals surface area contributed by atoms with Crippen LogP contribution in [0.3, 0.4) is 0 Å². The van der Waals surface area contributed by atoms with Crippen LogP contribution in [0.5, 0.6) is 5.75 Å². The van der Waals surface area contributed by atoms with Crippen molar-refractivity contribution in [3.05, 3.63) is 78.4 Å². The van der Waals surface area contributed by atoms with E-state index in [4.69, 9.17) is 4.74 Å². The first-order valence-corrected chi connectivity index (χ1v) is 7.53. The predicted octanol–water partition coefficient (Wildman–Crippen LogP) is 2.85. The van der Waals surface area contributed by atoms with Gasteiger partial charge in [0, 0.05) is 30.7 Å². The highest BCUT2D eigenvalue weighted by Gasteiger charge is 2.08. The Morgan fingerprint density at radius 3 is 2.64 bits per heavy atom. The number of amides is 1. The van der Waals surface area contributed by atoms with Crippen molar-refractivity contribution in [3.63, 3.8) is 0 Å². The maximum atomic E-state index is 13.4. The lowest BCUT2D eigenvalue weighted by atomic mass is 10.2. The van der Waals surface area contributed by atoms with Gasteiger partial charge in [0.05, 0.1) is 6.33 Å². The highest BCUT2D eigenvalue weighted by molar-refractivity contribution is 5.77. The SMILES string of the molecule is O=C(COc1ccc(F)cc1F)NCc1ccc(-n2ccnc2)cc1. The predicted molar refractivity (Wildman–Crippen MR) is 87.3 cm³/mol. The average molecular weight is 343 g/mol. The Morgan fingerprint density at radius 2 is 1.96 bits per heavy atom. The molecule has 0 unspecified atom stereocenters. The lowest BCUT2D eigenvalue weighted by Crippen LogP contribution is -2.28. The first-order valence-electron chi connectivity index (χ1n) is 7.53. The lowest BCUT2D eigenvalue weighted by Gasteiger charge is -2.09. The van der Waals surface area contributed by atoms with Gasteiger partial charge in [-0.2, -0.15) is 0 Å². The molecule has 0 aliphatic heterocycles. The quantitative estimate of drug-likeness (QED) is 0.749. The molecule has 0 aliphatic carbocycles. The summed E-state index contributed by atoms with van der Waals surface area (Å²) in [6, 6.07) is 10.5. The van der Waals surface area contributed by atoms with E-state index in [9.17, 15) is 13.6 Å². The molecule has 1 aromatic heterocycles. The number of halogens is 2. The number of imidazole rings is 1. The fourth-order valence-electron chi connectivity index (χ4n) is 2.19. The van der Waals surface area contributed by atoms with Crippen molar-refractivity contribution in [2.24, 2.45) is 0 Å². The van der Waals surface area contributed by atoms with Gasteiger partial charge in [-0.3, -0.25) is 4.79 Å². The van der Waals surface area contributed by atoms with Crippen LogP contribution in [-0.2, 0) is 11.3 Å². The van der Waals surface area contributed by atoms with Crippen LogP contribution < -0.4 is 10.1 Å². The van der Waals surface area contributed by atoms with Gasteiger partial charge in [-0.1, -0.05) is 12.1 Å². The summed E-state index contributed by atoms with van der Waals surface area (Å²) < 4.78 is 33.1. The zero-order chi connectivity index (χ0) is 17.6. The molecule has 0 bridgehead atoms. The third-order valence-electron chi connectivity index (χ3n) is 3.48. The molecule has 0 radical (unpaired) electrons. The molecule has 0 atom stereocenters. The molecule has 1 heterocycles. The van der Waals surface area contributed by atoms with Crippen LogP contribution >= 0.6 is 0 Å². The van der Waals surface area contributed by atoms with Gasteiger partial charge in [-0.15, -0.1) is 0 Å². The molecule has 1 amide bonds. The molecule has 3 aromatic rings. The highest BCUT2D eigenvalue weighted by Crippen LogP contribution is 2.17. The van der Waals surface area contributed by atoms with E-state index in [-0.39, 0.29) is 12.4 Å². The summed E-state index contributed by atoms with van der Waals surface area (Å²) in [4.78, 5) is 15.8. The Hall–Kier alpha value is -3.22. The zero-order valence-electron chi connectivity index (χ0n) is 13.2. The van der Waals surface area contributed by atoms with Gasteiger partial charge in [0.1, 0.15) is 5.82 Å². The van der Waals surface area contributed by atoms with Crippen LogP contribution in [0, 0.1) is 11.6 Å². The van der Waals surface area contributed by atoms with E-state index in [0.29, 0.717) is 12.6 Å². The van der Waals surface area contributed by atoms with Gasteiger partial charge >= 0.3 is 0 Å². The van der Waals surface area contributed by atoms with E-state index in [0.717, 1.165) is 23.4 Å². The molecule has 0 aliphatic rings. The Bertz CT molecular complexity index is 849. The van der Waals surface area contributed by atoms with Gasteiger partial charge in [0.25, 0.3) is 5.91 Å². The number of hydrogen-bond donors (Lipinski definition) is 1. The van der Waals surface area contributed by atoms with E-state index in [1.807, 2.05) is 35.0 Å². The molecule has 25 heavy (non-hydrogen) atoms. The van der Waals surface area contributed by atoms with Crippen molar-refractivity contribution < 1.29 is 18.3 Å². The lowest BCUT2D eigenvalue weighted by molar-refractivity contribution is -0.123. The van der Waals surface area contributed by atoms with E-state index >= 15 is 0 Å². The first-order chi connectivity index (χ1) is 12.1. The molecule has 0 fully saturated rings. The number of rotatable bonds is 6. The molecule has 5 nitrogen and oxygen atoms in total. The Balaban J connectivity index is 1.49. The summed E-state index contributed by atoms with van der Waals surface area (Å²) >= 11 is 0. The van der Waals surface area contributed by atoms with Crippen molar-refractivity contribution in [2.45, 2.75) is 6.54 Å². The number of nitrogens with zero attached hydrogens (tertiary/aromatic N) is 2. The second-order valence-electron chi connectivity index (χ2n) is 5.28. The molecule has 0 spiro atoms. The molecular weight excluding hydrogens is 328 g/mol. The highest BCUT2D eigenvalue weighted by atomic mass is 19.1. The number of hydrogen-bond acceptors (Lipinski definition) is 3. The van der Waals surface area contributed by atoms with Crippen LogP contribution in [0.1, 0.15) is 5.56 Å². The number of carbonyl (C=O) groups is 1. The number of nitrogens with one attached hydrogen (secondary N) is 1. The molecule has 7 heteroatoms. The van der Waals surface area contributed by atoms with Crippen LogP contribution in [0.4, 0.5) is 8.78 Å². The topological polar surface area (TPSA) is 56.1 Å². The van der Waals surface area contributed by atoms with Gasteiger partial charge in [-0.05, 0) is 29.8 Å². The van der Waals surface area contributed by atoms with Crippen LogP contribution in [0.2, 0.25) is 0 Å². The van der Waals surface area contributed by atoms with Crippen molar-refractivity contribution in [3.8, 4) is 11.4 Å². The normalized spacial score (nSPS) is 10.5. The molecule has 0 saturated heterocycles. The monoisotopic (exact) mass is 343 g/mol. The van der Waals surface area contributed by atoms with Gasteiger partial charge in [-0.25, -0.2) is 13.8 Å². The second-order valence-corrected chi connectivity index (χ2v) is 5.28. The fraction of sp³-hybridized carbons (Fsp3) is 0.111. The molecular formula is C18H15F2N3O2. The van der Waals surface area contributed by atoms with E-state index in [1.54, 1.807) is 12.5 Å². The van der Waals surface area contributed by atoms with E-state index in [1.165, 1.54) is 0 Å². The molecule has 1 N–H and O–H groups in total. The largest absolute Gasteiger partial charge is 0.481 e. The summed E-state index contributed by atoms with van der Waals surface area (Å²) in [7, 11) is 0. The summed E-state index contributed by atoms with van der Waals surface area (Å²) in [5, 5.41) is 2.67. The van der Waals surface area contributed by atoms with Crippen molar-refractivity contribution in [2.75, 3.05) is 6.61 Å². The zero-order valence-corrected chi connectivity index (χ0v) is 13.2. The Labute approximate surface area is 142 Å². The third-order valence-corrected chi connectivity index (χ3v) is 3.48. The van der Waals surface area contributed by atoms with Gasteiger partial charge in [0.2, 0.25) is 0 Å². The molecule has 0 saturated carbocycles. The van der Waals surface area contributed by atoms with Crippen molar-refractivity contribution in [1.29, 1.82) is 0 Å². The summed E-state index contributed by atoms with van der Waals surface area (Å²) in [5.74, 6) is -2.11. The minimum atomic E-state index is -0.845. The number of carbonyl (C=O) groups excluding carboxylic acids is 1. The Morgan fingerprint density at radius 1 is 1.16 bits per heavy atom. The van der Waals surface area contributed by atoms with Gasteiger partial charge in [0.15, 0.2) is 18.2 Å². The summed E-state index contributed by atoms with van der Waals surface area (Å²) in [5.41, 5.74) is 1.87. The Kier molecular flexibility index (Phi) is 5.03. The summed E-state index contributed by atoms with van der Waals surface area (Å²) in [6.07, 6.45) is 5.23. The smallest absolute Gasteiger partial charge is 0.258 e. The average Bonchev–Trinajstić information content (AvgIpc) is 3.14. The van der Waals surface area contributed by atoms with E-state index < -0.39 is 17.5 Å².